The lowest BCUT2D eigenvalue weighted by atomic mass is 9.97. The molecule has 4 heterocycles. The molecule has 30 heavy (non-hydrogen) atoms. The number of carbonyl (C=O) groups excluding carboxylic acids is 1. The summed E-state index contributed by atoms with van der Waals surface area (Å²) in [6.45, 7) is 2.45. The van der Waals surface area contributed by atoms with E-state index in [0.717, 1.165) is 18.5 Å². The van der Waals surface area contributed by atoms with E-state index < -0.39 is 0 Å². The van der Waals surface area contributed by atoms with Crippen LogP contribution < -0.4 is 16.0 Å². The highest BCUT2D eigenvalue weighted by molar-refractivity contribution is 5.99. The van der Waals surface area contributed by atoms with E-state index in [1.807, 2.05) is 19.1 Å². The van der Waals surface area contributed by atoms with Crippen molar-refractivity contribution in [2.24, 2.45) is 0 Å². The zero-order valence-electron chi connectivity index (χ0n) is 17.2. The molecule has 0 saturated carbocycles. The average molecular weight is 406 g/mol. The highest BCUT2D eigenvalue weighted by Gasteiger charge is 2.38. The van der Waals surface area contributed by atoms with Crippen LogP contribution in [0.3, 0.4) is 0 Å². The van der Waals surface area contributed by atoms with Crippen LogP contribution in [0.4, 0.5) is 17.3 Å². The molecule has 0 radical (unpaired) electrons. The number of piperidine rings is 1. The highest BCUT2D eigenvalue weighted by Crippen LogP contribution is 2.36. The molecule has 2 aliphatic rings. The summed E-state index contributed by atoms with van der Waals surface area (Å²) >= 11 is 0. The van der Waals surface area contributed by atoms with E-state index in [4.69, 9.17) is 5.26 Å². The number of nitrogens with one attached hydrogen (secondary N) is 3. The van der Waals surface area contributed by atoms with Crippen molar-refractivity contribution in [3.8, 4) is 6.07 Å². The second-order valence-electron chi connectivity index (χ2n) is 7.86. The molecule has 1 amide bonds. The number of carbonyl (C=O) groups is 1. The van der Waals surface area contributed by atoms with Crippen LogP contribution in [0, 0.1) is 11.3 Å². The molecule has 156 valence electrons. The van der Waals surface area contributed by atoms with Gasteiger partial charge in [-0.2, -0.15) is 5.26 Å². The van der Waals surface area contributed by atoms with Gasteiger partial charge < -0.3 is 20.9 Å². The lowest BCUT2D eigenvalue weighted by Gasteiger charge is -2.37. The van der Waals surface area contributed by atoms with E-state index >= 15 is 0 Å². The first-order chi connectivity index (χ1) is 14.6. The van der Waals surface area contributed by atoms with Crippen LogP contribution in [0.1, 0.15) is 48.7 Å². The Bertz CT molecular complexity index is 940. The predicted octanol–water partition coefficient (Wildman–Crippen LogP) is 2.27. The summed E-state index contributed by atoms with van der Waals surface area (Å²) in [7, 11) is 2.21. The topological polar surface area (TPSA) is 119 Å². The van der Waals surface area contributed by atoms with Crippen LogP contribution in [0.2, 0.25) is 0 Å². The van der Waals surface area contributed by atoms with Gasteiger partial charge in [0.05, 0.1) is 23.6 Å². The van der Waals surface area contributed by atoms with Crippen LogP contribution in [0.25, 0.3) is 0 Å². The van der Waals surface area contributed by atoms with Gasteiger partial charge in [-0.3, -0.25) is 4.79 Å². The molecule has 9 nitrogen and oxygen atoms in total. The Kier molecular flexibility index (Phi) is 5.77. The molecule has 2 aromatic heterocycles. The number of amides is 1. The van der Waals surface area contributed by atoms with Gasteiger partial charge in [0.2, 0.25) is 0 Å². The first-order valence-electron chi connectivity index (χ1n) is 10.3. The minimum Gasteiger partial charge on any atom is -0.381 e. The van der Waals surface area contributed by atoms with E-state index in [-0.39, 0.29) is 11.6 Å². The second kappa shape index (κ2) is 8.63. The lowest BCUT2D eigenvalue weighted by Crippen LogP contribution is -2.44. The number of hydrogen-bond donors (Lipinski definition) is 3. The Morgan fingerprint density at radius 3 is 2.53 bits per heavy atom. The van der Waals surface area contributed by atoms with Crippen LogP contribution in [-0.2, 0) is 0 Å². The minimum atomic E-state index is -0.145. The highest BCUT2D eigenvalue weighted by atomic mass is 16.1. The largest absolute Gasteiger partial charge is 0.381 e. The van der Waals surface area contributed by atoms with Crippen molar-refractivity contribution in [1.29, 1.82) is 5.26 Å². The van der Waals surface area contributed by atoms with E-state index in [1.165, 1.54) is 25.2 Å². The maximum atomic E-state index is 12.6. The molecule has 2 bridgehead atoms. The standard InChI is InChI=1S/C21H26N8O/c1-3-23-21(30)17-11-26-19(28-20-12-24-14(9-22)10-25-20)8-18(17)27-13-6-15-4-5-16(7-13)29(15)2/h8,10-13,15-16H,3-7H2,1-2H3,(H,23,30)(H2,25,26,27,28). The zero-order valence-corrected chi connectivity index (χ0v) is 17.2. The van der Waals surface area contributed by atoms with Crippen molar-refractivity contribution in [1.82, 2.24) is 25.2 Å². The predicted molar refractivity (Wildman–Crippen MR) is 113 cm³/mol. The Morgan fingerprint density at radius 2 is 1.90 bits per heavy atom. The van der Waals surface area contributed by atoms with Crippen molar-refractivity contribution >= 4 is 23.2 Å². The maximum Gasteiger partial charge on any atom is 0.254 e. The quantitative estimate of drug-likeness (QED) is 0.668. The molecule has 2 saturated heterocycles. The van der Waals surface area contributed by atoms with E-state index in [2.05, 4.69) is 42.8 Å². The summed E-state index contributed by atoms with van der Waals surface area (Å²) in [5, 5.41) is 18.4. The van der Waals surface area contributed by atoms with Gasteiger partial charge in [-0.1, -0.05) is 0 Å². The number of pyridine rings is 1. The summed E-state index contributed by atoms with van der Waals surface area (Å²) in [6, 6.07) is 5.30. The van der Waals surface area contributed by atoms with Gasteiger partial charge in [-0.15, -0.1) is 0 Å². The summed E-state index contributed by atoms with van der Waals surface area (Å²) in [5.74, 6) is 0.893. The van der Waals surface area contributed by atoms with Crippen LogP contribution in [-0.4, -0.2) is 57.5 Å². The smallest absolute Gasteiger partial charge is 0.254 e. The number of anilines is 3. The number of hydrogen-bond acceptors (Lipinski definition) is 8. The van der Waals surface area contributed by atoms with Crippen molar-refractivity contribution < 1.29 is 4.79 Å². The Hall–Kier alpha value is -3.25. The third-order valence-corrected chi connectivity index (χ3v) is 5.97. The Labute approximate surface area is 175 Å². The van der Waals surface area contributed by atoms with Crippen LogP contribution >= 0.6 is 0 Å². The first kappa shape index (κ1) is 20.0. The molecule has 2 aromatic rings. The van der Waals surface area contributed by atoms with Gasteiger partial charge in [0, 0.05) is 36.9 Å². The fourth-order valence-corrected chi connectivity index (χ4v) is 4.41. The third-order valence-electron chi connectivity index (χ3n) is 5.97. The molecule has 2 fully saturated rings. The fourth-order valence-electron chi connectivity index (χ4n) is 4.41. The Morgan fingerprint density at radius 1 is 1.17 bits per heavy atom. The first-order valence-corrected chi connectivity index (χ1v) is 10.3. The number of nitrogens with zero attached hydrogens (tertiary/aromatic N) is 5. The molecule has 0 spiro atoms. The molecule has 4 rings (SSSR count). The van der Waals surface area contributed by atoms with E-state index in [0.29, 0.717) is 41.9 Å². The Balaban J connectivity index is 1.56. The van der Waals surface area contributed by atoms with Crippen LogP contribution in [0.5, 0.6) is 0 Å². The normalized spacial score (nSPS) is 22.9. The maximum absolute atomic E-state index is 12.6. The van der Waals surface area contributed by atoms with E-state index in [1.54, 1.807) is 6.20 Å². The fraction of sp³-hybridized carbons (Fsp3) is 0.476. The number of fused-ring (bicyclic) bond motifs is 2. The summed E-state index contributed by atoms with van der Waals surface area (Å²) in [6.07, 6.45) is 9.07. The van der Waals surface area contributed by atoms with Gasteiger partial charge >= 0.3 is 0 Å². The van der Waals surface area contributed by atoms with Crippen molar-refractivity contribution in [3.05, 3.63) is 35.9 Å². The zero-order chi connectivity index (χ0) is 21.1. The molecule has 2 unspecified atom stereocenters. The number of aromatic nitrogens is 3. The van der Waals surface area contributed by atoms with Gasteiger partial charge in [-0.05, 0) is 39.7 Å². The second-order valence-corrected chi connectivity index (χ2v) is 7.86. The summed E-state index contributed by atoms with van der Waals surface area (Å²) < 4.78 is 0. The molecule has 3 N–H and O–H groups in total. The molecular formula is C21H26N8O. The monoisotopic (exact) mass is 406 g/mol. The molecule has 9 heteroatoms. The number of rotatable bonds is 6. The van der Waals surface area contributed by atoms with Gasteiger partial charge in [0.15, 0.2) is 5.69 Å². The third kappa shape index (κ3) is 4.19. The summed E-state index contributed by atoms with van der Waals surface area (Å²) in [4.78, 5) is 27.6. The SMILES string of the molecule is CCNC(=O)c1cnc(Nc2cnc(C#N)cn2)cc1NC1CC2CCC(C1)N2C. The minimum absolute atomic E-state index is 0.145. The van der Waals surface area contributed by atoms with Crippen molar-refractivity contribution in [3.63, 3.8) is 0 Å². The van der Waals surface area contributed by atoms with Gasteiger partial charge in [0.25, 0.3) is 5.91 Å². The number of nitriles is 1. The van der Waals surface area contributed by atoms with Crippen molar-refractivity contribution in [2.45, 2.75) is 50.7 Å². The van der Waals surface area contributed by atoms with Crippen LogP contribution in [0.15, 0.2) is 24.7 Å². The van der Waals surface area contributed by atoms with Gasteiger partial charge in [0.1, 0.15) is 17.7 Å². The van der Waals surface area contributed by atoms with E-state index in [9.17, 15) is 4.79 Å². The molecule has 2 aliphatic heterocycles. The van der Waals surface area contributed by atoms with Gasteiger partial charge in [-0.25, -0.2) is 15.0 Å². The molecule has 0 aliphatic carbocycles. The molecule has 0 aromatic carbocycles. The lowest BCUT2D eigenvalue weighted by molar-refractivity contribution is 0.0956. The summed E-state index contributed by atoms with van der Waals surface area (Å²) in [5.41, 5.74) is 1.54. The molecular weight excluding hydrogens is 380 g/mol. The molecule has 2 atom stereocenters. The average Bonchev–Trinajstić information content (AvgIpc) is 2.95. The van der Waals surface area contributed by atoms with Crippen molar-refractivity contribution in [2.75, 3.05) is 24.2 Å².